The third-order valence-corrected chi connectivity index (χ3v) is 7.84. The number of esters is 1. The van der Waals surface area contributed by atoms with Crippen molar-refractivity contribution in [2.24, 2.45) is 11.8 Å². The van der Waals surface area contributed by atoms with Crippen LogP contribution in [-0.2, 0) is 14.9 Å². The van der Waals surface area contributed by atoms with E-state index in [9.17, 15) is 15.0 Å². The maximum Gasteiger partial charge on any atom is 0.335 e. The number of aromatic hydroxyl groups is 1. The number of piperidine rings is 1. The van der Waals surface area contributed by atoms with Crippen LogP contribution in [0.2, 0.25) is 0 Å². The standard InChI is InChI=1S/C21H26N2O4/c1-11(24)13-10-23(2)8-7-21-14-5-4-6-15(25)18(14)22-19(21)17(20(26)27-3)12(13)9-16(21)23/h4-6,11-13,16,24H,7-10H2,1-3H3,(H-,22,25,26)/p+1/t11-,12+,13-,16+,21?,23?/m1/s1. The van der Waals surface area contributed by atoms with Crippen LogP contribution in [0.1, 0.15) is 25.3 Å². The van der Waals surface area contributed by atoms with Gasteiger partial charge in [0, 0.05) is 30.4 Å². The molecule has 0 radical (unpaired) electrons. The number of para-hydroxylation sites is 1. The van der Waals surface area contributed by atoms with E-state index in [4.69, 9.17) is 4.74 Å². The van der Waals surface area contributed by atoms with Gasteiger partial charge in [-0.1, -0.05) is 12.1 Å². The molecule has 144 valence electrons. The van der Waals surface area contributed by atoms with E-state index in [1.807, 2.05) is 13.0 Å². The Hall–Kier alpha value is -2.05. The number of phenolic OH excluding ortho intramolecular Hbond substituents is 1. The fourth-order valence-corrected chi connectivity index (χ4v) is 6.68. The number of nitrogens with one attached hydrogen (secondary N) is 1. The number of methoxy groups -OCH3 is 1. The Balaban J connectivity index is 1.82. The van der Waals surface area contributed by atoms with Crippen molar-refractivity contribution in [3.63, 3.8) is 0 Å². The molecule has 0 aromatic heterocycles. The zero-order valence-electron chi connectivity index (χ0n) is 16.0. The molecular weight excluding hydrogens is 344 g/mol. The number of carbonyl (C=O) groups is 1. The molecule has 0 saturated carbocycles. The quantitative estimate of drug-likeness (QED) is 0.419. The Morgan fingerprint density at radius 1 is 1.44 bits per heavy atom. The van der Waals surface area contributed by atoms with E-state index in [0.29, 0.717) is 11.6 Å². The summed E-state index contributed by atoms with van der Waals surface area (Å²) in [5, 5.41) is 24.4. The lowest BCUT2D eigenvalue weighted by atomic mass is 9.59. The average Bonchev–Trinajstić information content (AvgIpc) is 3.15. The third-order valence-electron chi connectivity index (χ3n) is 7.84. The zero-order valence-corrected chi connectivity index (χ0v) is 16.0. The highest BCUT2D eigenvalue weighted by molar-refractivity contribution is 5.94. The molecular formula is C21H27N2O4+. The number of nitrogens with zero attached hydrogens (tertiary/aromatic N) is 1. The molecule has 5 rings (SSSR count). The van der Waals surface area contributed by atoms with Crippen LogP contribution in [0.3, 0.4) is 0 Å². The normalized spacial score (nSPS) is 39.5. The first kappa shape index (κ1) is 17.1. The summed E-state index contributed by atoms with van der Waals surface area (Å²) in [6, 6.07) is 5.99. The molecule has 2 fully saturated rings. The number of likely N-dealkylation sites (N-methyl/N-ethyl adjacent to an activating group) is 1. The van der Waals surface area contributed by atoms with Gasteiger partial charge in [0.2, 0.25) is 0 Å². The van der Waals surface area contributed by atoms with Crippen LogP contribution in [0.5, 0.6) is 5.75 Å². The number of aliphatic hydroxyl groups is 1. The highest BCUT2D eigenvalue weighted by Crippen LogP contribution is 2.64. The van der Waals surface area contributed by atoms with Crippen molar-refractivity contribution in [2.45, 2.75) is 37.3 Å². The minimum Gasteiger partial charge on any atom is -0.506 e. The lowest BCUT2D eigenvalue weighted by molar-refractivity contribution is -0.933. The van der Waals surface area contributed by atoms with Crippen molar-refractivity contribution >= 4 is 11.7 Å². The van der Waals surface area contributed by atoms with E-state index in [-0.39, 0.29) is 29.0 Å². The Morgan fingerprint density at radius 3 is 2.93 bits per heavy atom. The molecule has 2 unspecified atom stereocenters. The van der Waals surface area contributed by atoms with E-state index in [1.165, 1.54) is 7.11 Å². The number of aliphatic hydroxyl groups excluding tert-OH is 1. The van der Waals surface area contributed by atoms with Crippen molar-refractivity contribution < 1.29 is 24.2 Å². The van der Waals surface area contributed by atoms with Gasteiger partial charge >= 0.3 is 5.97 Å². The second-order valence-corrected chi connectivity index (χ2v) is 8.97. The zero-order chi connectivity index (χ0) is 19.1. The van der Waals surface area contributed by atoms with E-state index >= 15 is 0 Å². The van der Waals surface area contributed by atoms with E-state index in [1.54, 1.807) is 6.07 Å². The van der Waals surface area contributed by atoms with Crippen LogP contribution in [-0.4, -0.2) is 60.1 Å². The number of rotatable bonds is 2. The second-order valence-electron chi connectivity index (χ2n) is 8.97. The van der Waals surface area contributed by atoms with Gasteiger partial charge in [-0.3, -0.25) is 0 Å². The molecule has 2 bridgehead atoms. The number of hydrogen-bond donors (Lipinski definition) is 3. The molecule has 1 aromatic rings. The van der Waals surface area contributed by atoms with Gasteiger partial charge in [-0.25, -0.2) is 4.79 Å². The first-order valence-electron chi connectivity index (χ1n) is 9.78. The van der Waals surface area contributed by atoms with Crippen LogP contribution >= 0.6 is 0 Å². The van der Waals surface area contributed by atoms with Crippen molar-refractivity contribution in [2.75, 3.05) is 32.6 Å². The molecule has 1 aromatic carbocycles. The largest absolute Gasteiger partial charge is 0.506 e. The molecule has 1 aliphatic carbocycles. The molecule has 6 atom stereocenters. The highest BCUT2D eigenvalue weighted by Gasteiger charge is 2.69. The number of phenols is 1. The van der Waals surface area contributed by atoms with Crippen molar-refractivity contribution in [3.05, 3.63) is 35.0 Å². The number of fused-ring (bicyclic) bond motifs is 2. The van der Waals surface area contributed by atoms with Crippen LogP contribution in [0, 0.1) is 11.8 Å². The molecule has 4 aliphatic rings. The molecule has 6 nitrogen and oxygen atoms in total. The number of carbonyl (C=O) groups excluding carboxylic acids is 1. The fourth-order valence-electron chi connectivity index (χ4n) is 6.68. The SMILES string of the molecule is COC(=O)C1=C2Nc3c(O)cccc3C23CC[N+]2(C)C[C@H]([C@@H](C)O)[C@@H]1C[C@@H]32. The molecule has 0 amide bonds. The first-order valence-corrected chi connectivity index (χ1v) is 9.78. The molecule has 27 heavy (non-hydrogen) atoms. The van der Waals surface area contributed by atoms with Crippen molar-refractivity contribution in [1.29, 1.82) is 0 Å². The van der Waals surface area contributed by atoms with E-state index in [2.05, 4.69) is 18.4 Å². The summed E-state index contributed by atoms with van der Waals surface area (Å²) in [5.41, 5.74) is 3.11. The number of ether oxygens (including phenoxy) is 1. The van der Waals surface area contributed by atoms with Crippen LogP contribution in [0.4, 0.5) is 5.69 Å². The maximum absolute atomic E-state index is 12.9. The Labute approximate surface area is 159 Å². The van der Waals surface area contributed by atoms with E-state index < -0.39 is 6.10 Å². The molecule has 3 N–H and O–H groups in total. The van der Waals surface area contributed by atoms with Crippen LogP contribution in [0.15, 0.2) is 29.5 Å². The van der Waals surface area contributed by atoms with Crippen LogP contribution < -0.4 is 5.32 Å². The molecule has 3 aliphatic heterocycles. The highest BCUT2D eigenvalue weighted by atomic mass is 16.5. The maximum atomic E-state index is 12.9. The summed E-state index contributed by atoms with van der Waals surface area (Å²) in [6.07, 6.45) is 1.29. The first-order chi connectivity index (χ1) is 12.8. The summed E-state index contributed by atoms with van der Waals surface area (Å²) in [6.45, 7) is 3.68. The van der Waals surface area contributed by atoms with Gasteiger partial charge in [0.1, 0.15) is 11.8 Å². The Bertz CT molecular complexity index is 879. The third kappa shape index (κ3) is 1.90. The topological polar surface area (TPSA) is 78.8 Å². The number of anilines is 1. The molecule has 2 saturated heterocycles. The summed E-state index contributed by atoms with van der Waals surface area (Å²) >= 11 is 0. The number of benzene rings is 1. The number of hydrogen-bond acceptors (Lipinski definition) is 5. The van der Waals surface area contributed by atoms with Crippen molar-refractivity contribution in [1.82, 2.24) is 0 Å². The Morgan fingerprint density at radius 2 is 2.22 bits per heavy atom. The Kier molecular flexibility index (Phi) is 3.33. The molecule has 6 heteroatoms. The fraction of sp³-hybridized carbons (Fsp3) is 0.571. The van der Waals surface area contributed by atoms with Gasteiger partial charge < -0.3 is 24.7 Å². The smallest absolute Gasteiger partial charge is 0.335 e. The van der Waals surface area contributed by atoms with Gasteiger partial charge in [-0.05, 0) is 18.6 Å². The average molecular weight is 371 g/mol. The van der Waals surface area contributed by atoms with Gasteiger partial charge in [-0.15, -0.1) is 0 Å². The minimum absolute atomic E-state index is 0.0167. The van der Waals surface area contributed by atoms with E-state index in [0.717, 1.165) is 47.4 Å². The predicted octanol–water partition coefficient (Wildman–Crippen LogP) is 1.73. The monoisotopic (exact) mass is 371 g/mol. The minimum atomic E-state index is -0.489. The van der Waals surface area contributed by atoms with Gasteiger partial charge in [0.25, 0.3) is 0 Å². The predicted molar refractivity (Wildman–Crippen MR) is 100 cm³/mol. The van der Waals surface area contributed by atoms with Crippen LogP contribution in [0.25, 0.3) is 0 Å². The lowest BCUT2D eigenvalue weighted by Crippen LogP contribution is -2.65. The number of quaternary nitrogens is 1. The van der Waals surface area contributed by atoms with Gasteiger partial charge in [-0.2, -0.15) is 0 Å². The summed E-state index contributed by atoms with van der Waals surface area (Å²) in [4.78, 5) is 12.9. The second kappa shape index (κ2) is 5.26. The molecule has 1 spiro atoms. The lowest BCUT2D eigenvalue weighted by Gasteiger charge is -2.54. The summed E-state index contributed by atoms with van der Waals surface area (Å²) < 4.78 is 6.09. The van der Waals surface area contributed by atoms with Gasteiger partial charge in [0.05, 0.1) is 50.0 Å². The van der Waals surface area contributed by atoms with Crippen molar-refractivity contribution in [3.8, 4) is 5.75 Å². The molecule has 3 heterocycles. The van der Waals surface area contributed by atoms with Gasteiger partial charge in [0.15, 0.2) is 0 Å². The summed E-state index contributed by atoms with van der Waals surface area (Å²) in [7, 11) is 3.70. The summed E-state index contributed by atoms with van der Waals surface area (Å²) in [5.74, 6) is -0.112.